The third-order valence-corrected chi connectivity index (χ3v) is 4.25. The number of carbonyl (C=O) groups is 1. The van der Waals surface area contributed by atoms with Crippen LogP contribution >= 0.6 is 0 Å². The van der Waals surface area contributed by atoms with Crippen LogP contribution in [0.1, 0.15) is 23.7 Å². The molecule has 0 aliphatic rings. The number of fused-ring (bicyclic) bond motifs is 1. The van der Waals surface area contributed by atoms with Crippen LogP contribution in [-0.4, -0.2) is 10.9 Å². The van der Waals surface area contributed by atoms with Crippen molar-refractivity contribution in [2.45, 2.75) is 27.3 Å². The lowest BCUT2D eigenvalue weighted by atomic mass is 10.1. The number of nitrogens with zero attached hydrogens (tertiary/aromatic N) is 1. The van der Waals surface area contributed by atoms with E-state index in [9.17, 15) is 13.6 Å². The number of nitrogens with one attached hydrogen (secondary N) is 2. The van der Waals surface area contributed by atoms with Gasteiger partial charge in [-0.05, 0) is 49.2 Å². The monoisotopic (exact) mass is 355 g/mol. The molecule has 0 atom stereocenters. The number of halogens is 2. The van der Waals surface area contributed by atoms with Crippen LogP contribution < -0.4 is 10.6 Å². The summed E-state index contributed by atoms with van der Waals surface area (Å²) < 4.78 is 27.3. The zero-order valence-corrected chi connectivity index (χ0v) is 14.8. The van der Waals surface area contributed by atoms with E-state index in [0.29, 0.717) is 17.6 Å². The summed E-state index contributed by atoms with van der Waals surface area (Å²) in [5, 5.41) is 6.62. The van der Waals surface area contributed by atoms with E-state index in [-0.39, 0.29) is 11.4 Å². The van der Waals surface area contributed by atoms with Crippen molar-refractivity contribution in [2.24, 2.45) is 0 Å². The molecule has 1 aromatic heterocycles. The van der Waals surface area contributed by atoms with Gasteiger partial charge in [0.2, 0.25) is 5.91 Å². The average Bonchev–Trinajstić information content (AvgIpc) is 2.61. The van der Waals surface area contributed by atoms with Crippen molar-refractivity contribution < 1.29 is 13.6 Å². The van der Waals surface area contributed by atoms with Crippen molar-refractivity contribution in [3.8, 4) is 0 Å². The van der Waals surface area contributed by atoms with Crippen LogP contribution in [-0.2, 0) is 11.3 Å². The van der Waals surface area contributed by atoms with E-state index < -0.39 is 11.6 Å². The Morgan fingerprint density at radius 2 is 1.81 bits per heavy atom. The van der Waals surface area contributed by atoms with Crippen LogP contribution in [0.3, 0.4) is 0 Å². The molecule has 0 unspecified atom stereocenters. The fraction of sp³-hybridized carbons (Fsp3) is 0.200. The number of rotatable bonds is 4. The SMILES string of the molecule is CC(=O)Nc1c(C)ccc(NCc2ccc3ccc(F)c(F)c3n2)c1C. The number of hydrogen-bond acceptors (Lipinski definition) is 3. The van der Waals surface area contributed by atoms with Crippen molar-refractivity contribution in [1.82, 2.24) is 4.98 Å². The quantitative estimate of drug-likeness (QED) is 0.713. The molecule has 0 saturated heterocycles. The van der Waals surface area contributed by atoms with Crippen molar-refractivity contribution in [3.05, 3.63) is 64.9 Å². The molecular formula is C20H19F2N3O. The standard InChI is InChI=1S/C20H19F2N3O/c1-11-4-9-17(12(2)19(11)24-13(3)26)23-10-15-7-5-14-6-8-16(21)18(22)20(14)25-15/h4-9,23H,10H2,1-3H3,(H,24,26). The zero-order chi connectivity index (χ0) is 18.8. The molecule has 3 aromatic rings. The van der Waals surface area contributed by atoms with E-state index in [1.807, 2.05) is 26.0 Å². The molecule has 0 radical (unpaired) electrons. The molecule has 6 heteroatoms. The van der Waals surface area contributed by atoms with Crippen LogP contribution in [0.4, 0.5) is 20.2 Å². The first-order valence-corrected chi connectivity index (χ1v) is 8.22. The number of aryl methyl sites for hydroxylation is 1. The number of carbonyl (C=O) groups excluding carboxylic acids is 1. The highest BCUT2D eigenvalue weighted by atomic mass is 19.2. The summed E-state index contributed by atoms with van der Waals surface area (Å²) >= 11 is 0. The lowest BCUT2D eigenvalue weighted by Gasteiger charge is -2.16. The fourth-order valence-corrected chi connectivity index (χ4v) is 2.86. The summed E-state index contributed by atoms with van der Waals surface area (Å²) in [6, 6.07) is 9.90. The predicted molar refractivity (Wildman–Crippen MR) is 99.2 cm³/mol. The fourth-order valence-electron chi connectivity index (χ4n) is 2.86. The van der Waals surface area contributed by atoms with Gasteiger partial charge in [-0.3, -0.25) is 4.79 Å². The highest BCUT2D eigenvalue weighted by Gasteiger charge is 2.11. The minimum atomic E-state index is -0.941. The molecule has 4 nitrogen and oxygen atoms in total. The molecule has 2 aromatic carbocycles. The number of amides is 1. The molecule has 3 rings (SSSR count). The van der Waals surface area contributed by atoms with Gasteiger partial charge in [-0.25, -0.2) is 13.8 Å². The first-order chi connectivity index (χ1) is 12.4. The first kappa shape index (κ1) is 17.8. The topological polar surface area (TPSA) is 54.0 Å². The van der Waals surface area contributed by atoms with Gasteiger partial charge >= 0.3 is 0 Å². The summed E-state index contributed by atoms with van der Waals surface area (Å²) in [7, 11) is 0. The Kier molecular flexibility index (Phi) is 4.84. The second-order valence-corrected chi connectivity index (χ2v) is 6.20. The second-order valence-electron chi connectivity index (χ2n) is 6.20. The Morgan fingerprint density at radius 3 is 2.54 bits per heavy atom. The number of aromatic nitrogens is 1. The van der Waals surface area contributed by atoms with Crippen LogP contribution in [0.15, 0.2) is 36.4 Å². The van der Waals surface area contributed by atoms with Crippen LogP contribution in [0, 0.1) is 25.5 Å². The van der Waals surface area contributed by atoms with E-state index in [2.05, 4.69) is 15.6 Å². The van der Waals surface area contributed by atoms with E-state index in [0.717, 1.165) is 28.6 Å². The molecule has 0 aliphatic heterocycles. The van der Waals surface area contributed by atoms with E-state index in [4.69, 9.17) is 0 Å². The van der Waals surface area contributed by atoms with E-state index >= 15 is 0 Å². The molecule has 0 saturated carbocycles. The van der Waals surface area contributed by atoms with Crippen LogP contribution in [0.25, 0.3) is 10.9 Å². The maximum Gasteiger partial charge on any atom is 0.221 e. The normalized spacial score (nSPS) is 10.8. The van der Waals surface area contributed by atoms with Crippen LogP contribution in [0.2, 0.25) is 0 Å². The molecular weight excluding hydrogens is 336 g/mol. The van der Waals surface area contributed by atoms with Crippen molar-refractivity contribution >= 4 is 28.2 Å². The second kappa shape index (κ2) is 7.07. The Morgan fingerprint density at radius 1 is 1.08 bits per heavy atom. The third-order valence-electron chi connectivity index (χ3n) is 4.25. The van der Waals surface area contributed by atoms with Gasteiger partial charge in [-0.2, -0.15) is 0 Å². The molecule has 1 heterocycles. The van der Waals surface area contributed by atoms with Gasteiger partial charge in [0.25, 0.3) is 0 Å². The first-order valence-electron chi connectivity index (χ1n) is 8.22. The summed E-state index contributed by atoms with van der Waals surface area (Å²) in [4.78, 5) is 15.6. The maximum absolute atomic E-state index is 13.9. The van der Waals surface area contributed by atoms with Crippen LogP contribution in [0.5, 0.6) is 0 Å². The lowest BCUT2D eigenvalue weighted by Crippen LogP contribution is -2.11. The van der Waals surface area contributed by atoms with Gasteiger partial charge in [-0.1, -0.05) is 12.1 Å². The highest BCUT2D eigenvalue weighted by Crippen LogP contribution is 2.28. The molecule has 0 spiro atoms. The van der Waals surface area contributed by atoms with Crippen molar-refractivity contribution in [2.75, 3.05) is 10.6 Å². The van der Waals surface area contributed by atoms with Gasteiger partial charge < -0.3 is 10.6 Å². The molecule has 0 fully saturated rings. The molecule has 134 valence electrons. The minimum Gasteiger partial charge on any atom is -0.379 e. The van der Waals surface area contributed by atoms with Crippen molar-refractivity contribution in [3.63, 3.8) is 0 Å². The highest BCUT2D eigenvalue weighted by molar-refractivity contribution is 5.91. The molecule has 0 aliphatic carbocycles. The number of anilines is 2. The van der Waals surface area contributed by atoms with Gasteiger partial charge in [0.05, 0.1) is 12.2 Å². The molecule has 1 amide bonds. The molecule has 2 N–H and O–H groups in total. The van der Waals surface area contributed by atoms with Gasteiger partial charge in [0.15, 0.2) is 11.6 Å². The number of pyridine rings is 1. The smallest absolute Gasteiger partial charge is 0.221 e. The molecule has 0 bridgehead atoms. The average molecular weight is 355 g/mol. The number of benzene rings is 2. The largest absolute Gasteiger partial charge is 0.379 e. The predicted octanol–water partition coefficient (Wildman–Crippen LogP) is 4.70. The summed E-state index contributed by atoms with van der Waals surface area (Å²) in [6.45, 7) is 5.63. The Labute approximate surface area is 150 Å². The van der Waals surface area contributed by atoms with E-state index in [1.165, 1.54) is 13.0 Å². The van der Waals surface area contributed by atoms with Gasteiger partial charge in [0.1, 0.15) is 5.52 Å². The van der Waals surface area contributed by atoms with Gasteiger partial charge in [0, 0.05) is 23.7 Å². The van der Waals surface area contributed by atoms with E-state index in [1.54, 1.807) is 12.1 Å². The summed E-state index contributed by atoms with van der Waals surface area (Å²) in [5.74, 6) is -1.99. The number of hydrogen-bond donors (Lipinski definition) is 2. The zero-order valence-electron chi connectivity index (χ0n) is 14.8. The Balaban J connectivity index is 1.86. The van der Waals surface area contributed by atoms with Gasteiger partial charge in [-0.15, -0.1) is 0 Å². The third kappa shape index (κ3) is 3.49. The molecule has 26 heavy (non-hydrogen) atoms. The minimum absolute atomic E-state index is 0.0175. The van der Waals surface area contributed by atoms with Crippen molar-refractivity contribution in [1.29, 1.82) is 0 Å². The Bertz CT molecular complexity index is 1000. The Hall–Kier alpha value is -3.02. The summed E-state index contributed by atoms with van der Waals surface area (Å²) in [5.41, 5.74) is 4.07. The lowest BCUT2D eigenvalue weighted by molar-refractivity contribution is -0.114. The maximum atomic E-state index is 13.9. The summed E-state index contributed by atoms with van der Waals surface area (Å²) in [6.07, 6.45) is 0.